The number of carbonyl (C=O) groups is 2. The summed E-state index contributed by atoms with van der Waals surface area (Å²) in [4.78, 5) is 25.1. The van der Waals surface area contributed by atoms with E-state index in [2.05, 4.69) is 10.6 Å². The van der Waals surface area contributed by atoms with Crippen molar-refractivity contribution in [2.75, 3.05) is 19.0 Å². The van der Waals surface area contributed by atoms with Crippen molar-refractivity contribution in [3.8, 4) is 5.75 Å². The van der Waals surface area contributed by atoms with Gasteiger partial charge >= 0.3 is 0 Å². The molecule has 0 heterocycles. The molecule has 136 valence electrons. The molecule has 0 radical (unpaired) electrons. The van der Waals surface area contributed by atoms with Crippen LogP contribution in [0.25, 0.3) is 0 Å². The fraction of sp³-hybridized carbons (Fsp3) is 0.300. The Bertz CT molecular complexity index is 804. The minimum atomic E-state index is -0.969. The number of carbonyl (C=O) groups excluding carboxylic acids is 2. The number of hydrogen-bond acceptors (Lipinski definition) is 3. The highest BCUT2D eigenvalue weighted by Gasteiger charge is 2.56. The maximum Gasteiger partial charge on any atom is 0.240 e. The zero-order valence-electron chi connectivity index (χ0n) is 14.5. The van der Waals surface area contributed by atoms with Crippen molar-refractivity contribution in [3.63, 3.8) is 0 Å². The second-order valence-corrected chi connectivity index (χ2v) is 6.78. The van der Waals surface area contributed by atoms with Gasteiger partial charge in [0.05, 0.1) is 12.1 Å². The Labute approximate surface area is 157 Å². The van der Waals surface area contributed by atoms with Crippen LogP contribution < -0.4 is 15.4 Å². The van der Waals surface area contributed by atoms with Gasteiger partial charge < -0.3 is 15.4 Å². The first-order valence-corrected chi connectivity index (χ1v) is 8.90. The first kappa shape index (κ1) is 18.3. The number of halogens is 1. The zero-order chi connectivity index (χ0) is 18.6. The molecule has 1 aliphatic rings. The van der Waals surface area contributed by atoms with E-state index < -0.39 is 5.41 Å². The minimum absolute atomic E-state index is 0.217. The van der Waals surface area contributed by atoms with Crippen molar-refractivity contribution >= 4 is 29.1 Å². The third kappa shape index (κ3) is 3.99. The first-order chi connectivity index (χ1) is 12.5. The van der Waals surface area contributed by atoms with Crippen molar-refractivity contribution in [2.24, 2.45) is 5.41 Å². The molecule has 2 aromatic rings. The molecule has 26 heavy (non-hydrogen) atoms. The van der Waals surface area contributed by atoms with Crippen LogP contribution in [0.2, 0.25) is 5.02 Å². The summed E-state index contributed by atoms with van der Waals surface area (Å²) < 4.78 is 5.09. The van der Waals surface area contributed by atoms with Crippen molar-refractivity contribution in [3.05, 3.63) is 59.1 Å². The average molecular weight is 373 g/mol. The number of nitrogens with one attached hydrogen (secondary N) is 2. The lowest BCUT2D eigenvalue weighted by Crippen LogP contribution is -2.40. The van der Waals surface area contributed by atoms with Crippen LogP contribution >= 0.6 is 11.6 Å². The van der Waals surface area contributed by atoms with Crippen LogP contribution in [0.3, 0.4) is 0 Å². The Morgan fingerprint density at radius 2 is 1.85 bits per heavy atom. The van der Waals surface area contributed by atoms with Crippen LogP contribution in [-0.4, -0.2) is 25.5 Å². The van der Waals surface area contributed by atoms with Crippen molar-refractivity contribution in [1.82, 2.24) is 5.32 Å². The highest BCUT2D eigenvalue weighted by Crippen LogP contribution is 2.47. The largest absolute Gasteiger partial charge is 0.495 e. The lowest BCUT2D eigenvalue weighted by Gasteiger charge is -2.16. The number of hydrogen-bond donors (Lipinski definition) is 2. The smallest absolute Gasteiger partial charge is 0.240 e. The van der Waals surface area contributed by atoms with Crippen LogP contribution in [-0.2, 0) is 16.0 Å². The fourth-order valence-electron chi connectivity index (χ4n) is 2.81. The molecule has 1 fully saturated rings. The van der Waals surface area contributed by atoms with E-state index >= 15 is 0 Å². The van der Waals surface area contributed by atoms with E-state index in [1.807, 2.05) is 30.3 Å². The number of anilines is 1. The van der Waals surface area contributed by atoms with Gasteiger partial charge in [0.1, 0.15) is 11.2 Å². The lowest BCUT2D eigenvalue weighted by molar-refractivity contribution is -0.134. The summed E-state index contributed by atoms with van der Waals surface area (Å²) in [6.07, 6.45) is 1.85. The van der Waals surface area contributed by atoms with Gasteiger partial charge in [-0.15, -0.1) is 0 Å². The van der Waals surface area contributed by atoms with Gasteiger partial charge in [-0.05, 0) is 43.0 Å². The van der Waals surface area contributed by atoms with E-state index in [4.69, 9.17) is 16.3 Å². The van der Waals surface area contributed by atoms with Crippen LogP contribution in [0.4, 0.5) is 5.69 Å². The number of amides is 2. The Morgan fingerprint density at radius 3 is 2.46 bits per heavy atom. The molecule has 0 aliphatic heterocycles. The lowest BCUT2D eigenvalue weighted by atomic mass is 10.0. The molecule has 1 aliphatic carbocycles. The van der Waals surface area contributed by atoms with Gasteiger partial charge in [-0.3, -0.25) is 9.59 Å². The van der Waals surface area contributed by atoms with E-state index in [9.17, 15) is 9.59 Å². The highest BCUT2D eigenvalue weighted by atomic mass is 35.5. The normalized spacial score (nSPS) is 14.4. The summed E-state index contributed by atoms with van der Waals surface area (Å²) >= 11 is 6.08. The molecule has 5 nitrogen and oxygen atoms in total. The SMILES string of the molecule is COc1ccc(NC(=O)C2(C(=O)NCCc3ccccc3)CC2)cc1Cl. The molecule has 0 atom stereocenters. The Balaban J connectivity index is 1.56. The molecule has 6 heteroatoms. The summed E-state index contributed by atoms with van der Waals surface area (Å²) in [7, 11) is 1.53. The standard InChI is InChI=1S/C20H21ClN2O3/c1-26-17-8-7-15(13-16(17)21)23-19(25)20(10-11-20)18(24)22-12-9-14-5-3-2-4-6-14/h2-8,13H,9-12H2,1H3,(H,22,24)(H,23,25). The number of ether oxygens (including phenoxy) is 1. The molecule has 1 saturated carbocycles. The fourth-order valence-corrected chi connectivity index (χ4v) is 3.07. The van der Waals surface area contributed by atoms with E-state index in [1.54, 1.807) is 18.2 Å². The maximum atomic E-state index is 12.6. The first-order valence-electron chi connectivity index (χ1n) is 8.52. The van der Waals surface area contributed by atoms with Gasteiger partial charge in [0.2, 0.25) is 11.8 Å². The molecule has 3 rings (SSSR count). The number of rotatable bonds is 7. The molecule has 0 aromatic heterocycles. The summed E-state index contributed by atoms with van der Waals surface area (Å²) in [5, 5.41) is 6.08. The second-order valence-electron chi connectivity index (χ2n) is 6.38. The van der Waals surface area contributed by atoms with Crippen LogP contribution in [0.1, 0.15) is 18.4 Å². The molecule has 2 N–H and O–H groups in total. The average Bonchev–Trinajstić information content (AvgIpc) is 3.45. The number of methoxy groups -OCH3 is 1. The topological polar surface area (TPSA) is 67.4 Å². The van der Waals surface area contributed by atoms with Gasteiger partial charge in [-0.1, -0.05) is 41.9 Å². The van der Waals surface area contributed by atoms with Crippen LogP contribution in [0.15, 0.2) is 48.5 Å². The Morgan fingerprint density at radius 1 is 1.12 bits per heavy atom. The molecular formula is C20H21ClN2O3. The third-order valence-corrected chi connectivity index (χ3v) is 4.87. The van der Waals surface area contributed by atoms with Gasteiger partial charge in [-0.2, -0.15) is 0 Å². The second kappa shape index (κ2) is 7.79. The monoisotopic (exact) mass is 372 g/mol. The van der Waals surface area contributed by atoms with Gasteiger partial charge in [0.25, 0.3) is 0 Å². The van der Waals surface area contributed by atoms with Crippen molar-refractivity contribution < 1.29 is 14.3 Å². The van der Waals surface area contributed by atoms with Crippen molar-refractivity contribution in [2.45, 2.75) is 19.3 Å². The van der Waals surface area contributed by atoms with Crippen molar-refractivity contribution in [1.29, 1.82) is 0 Å². The molecule has 0 spiro atoms. The Kier molecular flexibility index (Phi) is 5.47. The molecule has 2 amide bonds. The predicted octanol–water partition coefficient (Wildman–Crippen LogP) is 3.43. The molecular weight excluding hydrogens is 352 g/mol. The quantitative estimate of drug-likeness (QED) is 0.732. The van der Waals surface area contributed by atoms with E-state index in [-0.39, 0.29) is 11.8 Å². The Hall–Kier alpha value is -2.53. The minimum Gasteiger partial charge on any atom is -0.495 e. The maximum absolute atomic E-state index is 12.6. The molecule has 2 aromatic carbocycles. The molecule has 0 saturated heterocycles. The summed E-state index contributed by atoms with van der Waals surface area (Å²) in [6.45, 7) is 0.506. The van der Waals surface area contributed by atoms with E-state index in [1.165, 1.54) is 7.11 Å². The van der Waals surface area contributed by atoms with Gasteiger partial charge in [0.15, 0.2) is 0 Å². The van der Waals surface area contributed by atoms with Crippen LogP contribution in [0.5, 0.6) is 5.75 Å². The number of benzene rings is 2. The van der Waals surface area contributed by atoms with E-state index in [0.29, 0.717) is 35.8 Å². The molecule has 0 unspecified atom stereocenters. The summed E-state index contributed by atoms with van der Waals surface area (Å²) in [5.74, 6) is 0.0194. The van der Waals surface area contributed by atoms with Gasteiger partial charge in [-0.25, -0.2) is 0 Å². The third-order valence-electron chi connectivity index (χ3n) is 4.57. The van der Waals surface area contributed by atoms with Gasteiger partial charge in [0, 0.05) is 12.2 Å². The van der Waals surface area contributed by atoms with E-state index in [0.717, 1.165) is 12.0 Å². The van der Waals surface area contributed by atoms with Crippen LogP contribution in [0, 0.1) is 5.41 Å². The zero-order valence-corrected chi connectivity index (χ0v) is 15.3. The summed E-state index contributed by atoms with van der Waals surface area (Å²) in [6, 6.07) is 14.9. The predicted molar refractivity (Wildman–Crippen MR) is 101 cm³/mol. The molecule has 0 bridgehead atoms. The highest BCUT2D eigenvalue weighted by molar-refractivity contribution is 6.32. The summed E-state index contributed by atoms with van der Waals surface area (Å²) in [5.41, 5.74) is 0.724.